The molecular weight excluding hydrogens is 845 g/mol. The molecule has 4 saturated heterocycles. The van der Waals surface area contributed by atoms with Gasteiger partial charge in [-0.05, 0) is 99.5 Å². The van der Waals surface area contributed by atoms with Crippen molar-refractivity contribution in [3.05, 3.63) is 89.4 Å². The van der Waals surface area contributed by atoms with E-state index in [2.05, 4.69) is 57.7 Å². The van der Waals surface area contributed by atoms with Crippen LogP contribution in [0.5, 0.6) is 0 Å². The lowest BCUT2D eigenvalue weighted by Crippen LogP contribution is -2.57. The van der Waals surface area contributed by atoms with Crippen molar-refractivity contribution in [2.75, 3.05) is 60.9 Å². The molecule has 18 heteroatoms. The highest BCUT2D eigenvalue weighted by Crippen LogP contribution is 2.41. The normalized spacial score (nSPS) is 20.1. The summed E-state index contributed by atoms with van der Waals surface area (Å²) in [7, 11) is 0. The van der Waals surface area contributed by atoms with Gasteiger partial charge < -0.3 is 36.0 Å². The summed E-state index contributed by atoms with van der Waals surface area (Å²) >= 11 is 1.52. The van der Waals surface area contributed by atoms with Crippen LogP contribution in [0.15, 0.2) is 76.9 Å². The van der Waals surface area contributed by atoms with Crippen LogP contribution in [0.3, 0.4) is 0 Å². The number of hydrogen-bond donors (Lipinski definition) is 4. The summed E-state index contributed by atoms with van der Waals surface area (Å²) in [5.74, 6) is 0.312. The molecule has 2 aromatic heterocycles. The highest BCUT2D eigenvalue weighted by atomic mass is 32.2. The van der Waals surface area contributed by atoms with Gasteiger partial charge in [0.15, 0.2) is 11.5 Å². The highest BCUT2D eigenvalue weighted by molar-refractivity contribution is 7.99. The van der Waals surface area contributed by atoms with Crippen LogP contribution in [-0.4, -0.2) is 117 Å². The third-order valence-electron chi connectivity index (χ3n) is 13.4. The molecule has 9 rings (SSSR count). The van der Waals surface area contributed by atoms with E-state index in [0.29, 0.717) is 18.4 Å². The van der Waals surface area contributed by atoms with Gasteiger partial charge in [0.05, 0.1) is 12.4 Å². The van der Waals surface area contributed by atoms with Crippen molar-refractivity contribution in [2.24, 2.45) is 11.1 Å². The number of aromatic nitrogens is 4. The first-order valence-electron chi connectivity index (χ1n) is 22.7. The van der Waals surface area contributed by atoms with Crippen molar-refractivity contribution in [1.82, 2.24) is 40.6 Å². The second-order valence-corrected chi connectivity index (χ2v) is 19.7. The number of rotatable bonds is 15. The summed E-state index contributed by atoms with van der Waals surface area (Å²) in [6.45, 7) is 9.27. The van der Waals surface area contributed by atoms with Gasteiger partial charge in [0.25, 0.3) is 11.8 Å². The molecule has 1 spiro atoms. The number of carbonyl (C=O) groups is 5. The summed E-state index contributed by atoms with van der Waals surface area (Å²) in [6, 6.07) is 16.1. The fourth-order valence-electron chi connectivity index (χ4n) is 9.63. The van der Waals surface area contributed by atoms with Crippen molar-refractivity contribution in [1.29, 1.82) is 0 Å². The number of imide groups is 1. The van der Waals surface area contributed by atoms with E-state index in [9.17, 15) is 24.0 Å². The Morgan fingerprint density at radius 2 is 1.72 bits per heavy atom. The maximum Gasteiger partial charge on any atom is 0.272 e. The molecule has 0 aliphatic carbocycles. The number of amides is 5. The molecule has 65 heavy (non-hydrogen) atoms. The zero-order chi connectivity index (χ0) is 45.1. The van der Waals surface area contributed by atoms with Crippen LogP contribution in [-0.2, 0) is 27.5 Å². The average Bonchev–Trinajstić information content (AvgIpc) is 3.87. The Labute approximate surface area is 382 Å². The summed E-state index contributed by atoms with van der Waals surface area (Å²) < 4.78 is 0. The quantitative estimate of drug-likeness (QED) is 0.0977. The molecule has 4 aromatic rings. The summed E-state index contributed by atoms with van der Waals surface area (Å²) in [4.78, 5) is 81.6. The van der Waals surface area contributed by atoms with Gasteiger partial charge in [-0.1, -0.05) is 36.4 Å². The minimum Gasteiger partial charge on any atom is -0.355 e. The molecule has 1 unspecified atom stereocenters. The molecular formula is C47H56N12O5S. The van der Waals surface area contributed by atoms with Gasteiger partial charge in [0.2, 0.25) is 17.7 Å². The summed E-state index contributed by atoms with van der Waals surface area (Å²) in [6.07, 6.45) is 10.4. The Morgan fingerprint density at radius 3 is 2.49 bits per heavy atom. The number of nitrogens with two attached hydrogens (primary N) is 1. The summed E-state index contributed by atoms with van der Waals surface area (Å²) in [5, 5.41) is 17.7. The van der Waals surface area contributed by atoms with Gasteiger partial charge in [-0.15, -0.1) is 10.2 Å². The number of nitrogens with one attached hydrogen (secondary N) is 3. The minimum absolute atomic E-state index is 0.0227. The molecule has 0 radical (unpaired) electrons. The van der Waals surface area contributed by atoms with Gasteiger partial charge in [0.1, 0.15) is 16.9 Å². The molecule has 0 bridgehead atoms. The maximum absolute atomic E-state index is 13.0. The third-order valence-corrected chi connectivity index (χ3v) is 14.3. The number of hydrogen-bond acceptors (Lipinski definition) is 14. The number of likely N-dealkylation sites (tertiary alicyclic amines) is 1. The predicted octanol–water partition coefficient (Wildman–Crippen LogP) is 4.14. The van der Waals surface area contributed by atoms with E-state index in [1.54, 1.807) is 24.4 Å². The number of nitrogens with zero attached hydrogens (tertiary/aromatic N) is 8. The van der Waals surface area contributed by atoms with E-state index in [1.807, 2.05) is 42.6 Å². The second-order valence-electron chi connectivity index (χ2n) is 18.6. The van der Waals surface area contributed by atoms with Crippen molar-refractivity contribution in [3.8, 4) is 0 Å². The smallest absolute Gasteiger partial charge is 0.272 e. The molecule has 5 amide bonds. The molecule has 340 valence electrons. The van der Waals surface area contributed by atoms with Gasteiger partial charge >= 0.3 is 0 Å². The Bertz CT molecular complexity index is 2430. The van der Waals surface area contributed by atoms with Crippen molar-refractivity contribution < 1.29 is 24.0 Å². The molecule has 5 N–H and O–H groups in total. The molecule has 17 nitrogen and oxygen atoms in total. The Kier molecular flexibility index (Phi) is 12.8. The number of fused-ring (bicyclic) bond motifs is 1. The van der Waals surface area contributed by atoms with Gasteiger partial charge in [0, 0.05) is 92.3 Å². The average molecular weight is 901 g/mol. The molecule has 4 fully saturated rings. The first-order chi connectivity index (χ1) is 31.4. The SMILES string of the molecule is CC1(N)CCN(c2cnc(Sc3cccc(NC(=O)CCCCCN4CC5(CCN(c6ccc(C(=O)NCc7ccc8c(c7)CN(C7CCC(=O)NC7=O)C8=O)nn6)C5)C4)c3)cn2)CC1. The second kappa shape index (κ2) is 18.9. The van der Waals surface area contributed by atoms with Crippen LogP contribution >= 0.6 is 11.8 Å². The van der Waals surface area contributed by atoms with E-state index in [-0.39, 0.29) is 59.8 Å². The molecule has 2 aromatic carbocycles. The van der Waals surface area contributed by atoms with Crippen molar-refractivity contribution >= 4 is 58.6 Å². The lowest BCUT2D eigenvalue weighted by Gasteiger charge is -2.48. The van der Waals surface area contributed by atoms with Crippen LogP contribution in [0.2, 0.25) is 0 Å². The monoisotopic (exact) mass is 900 g/mol. The molecule has 5 aliphatic rings. The predicted molar refractivity (Wildman–Crippen MR) is 245 cm³/mol. The number of carbonyl (C=O) groups excluding carboxylic acids is 5. The first kappa shape index (κ1) is 44.2. The lowest BCUT2D eigenvalue weighted by molar-refractivity contribution is -0.137. The zero-order valence-electron chi connectivity index (χ0n) is 36.8. The first-order valence-corrected chi connectivity index (χ1v) is 23.5. The van der Waals surface area contributed by atoms with Crippen molar-refractivity contribution in [3.63, 3.8) is 0 Å². The number of anilines is 3. The van der Waals surface area contributed by atoms with Crippen LogP contribution in [0.1, 0.15) is 96.7 Å². The third kappa shape index (κ3) is 10.4. The topological polar surface area (TPSA) is 212 Å². The number of benzene rings is 2. The zero-order valence-corrected chi connectivity index (χ0v) is 37.6. The molecule has 1 atom stereocenters. The largest absolute Gasteiger partial charge is 0.355 e. The van der Waals surface area contributed by atoms with Crippen LogP contribution in [0.25, 0.3) is 0 Å². The molecule has 7 heterocycles. The lowest BCUT2D eigenvalue weighted by atomic mass is 9.79. The van der Waals surface area contributed by atoms with Crippen LogP contribution < -0.4 is 31.5 Å². The number of unbranched alkanes of at least 4 members (excludes halogenated alkanes) is 2. The number of piperidine rings is 2. The Morgan fingerprint density at radius 1 is 0.892 bits per heavy atom. The standard InChI is InChI=1S/C47H56N12O5S/c1-46(48)15-19-57(20-16-46)39-25-50-42(26-49-39)65-34-7-5-6-33(23-34)52-40(60)8-3-2-4-18-56-28-47(29-56)17-21-58(30-47)38-13-11-36(54-55-38)43(62)51-24-31-9-10-35-32(22-31)27-59(45(35)64)37-12-14-41(61)53-44(37)63/h5-7,9-11,13,22-23,25-26,37H,2-4,8,12,14-21,24,27-30,48H2,1H3,(H,51,62)(H,52,60)(H,53,61,63). The fraction of sp³-hybridized carbons (Fsp3) is 0.468. The van der Waals surface area contributed by atoms with E-state index in [1.165, 1.54) is 16.7 Å². The van der Waals surface area contributed by atoms with E-state index >= 15 is 0 Å². The highest BCUT2D eigenvalue weighted by Gasteiger charge is 2.47. The minimum atomic E-state index is -0.675. The van der Waals surface area contributed by atoms with E-state index in [0.717, 1.165) is 123 Å². The maximum atomic E-state index is 13.0. The van der Waals surface area contributed by atoms with E-state index in [4.69, 9.17) is 5.73 Å². The van der Waals surface area contributed by atoms with Crippen LogP contribution in [0, 0.1) is 5.41 Å². The van der Waals surface area contributed by atoms with Gasteiger partial charge in [-0.2, -0.15) is 0 Å². The van der Waals surface area contributed by atoms with Crippen LogP contribution in [0.4, 0.5) is 17.3 Å². The molecule has 0 saturated carbocycles. The fourth-order valence-corrected chi connectivity index (χ4v) is 10.4. The van der Waals surface area contributed by atoms with Gasteiger partial charge in [-0.3, -0.25) is 29.3 Å². The summed E-state index contributed by atoms with van der Waals surface area (Å²) in [5.41, 5.74) is 9.53. The Hall–Kier alpha value is -5.98. The Balaban J connectivity index is 0.648. The van der Waals surface area contributed by atoms with Gasteiger partial charge in [-0.25, -0.2) is 9.97 Å². The van der Waals surface area contributed by atoms with E-state index < -0.39 is 11.9 Å². The molecule has 5 aliphatic heterocycles. The van der Waals surface area contributed by atoms with Crippen molar-refractivity contribution in [2.45, 2.75) is 99.3 Å².